The second-order valence-corrected chi connectivity index (χ2v) is 7.73. The van der Waals surface area contributed by atoms with Crippen molar-refractivity contribution < 1.29 is 0 Å². The molecule has 7 heteroatoms. The van der Waals surface area contributed by atoms with Gasteiger partial charge in [0.2, 0.25) is 11.1 Å². The van der Waals surface area contributed by atoms with Crippen LogP contribution in [0.4, 0.5) is 5.95 Å². The molecule has 28 heavy (non-hydrogen) atoms. The molecule has 2 aromatic heterocycles. The third kappa shape index (κ3) is 3.94. The van der Waals surface area contributed by atoms with Gasteiger partial charge in [-0.1, -0.05) is 47.7 Å². The quantitative estimate of drug-likeness (QED) is 0.247. The summed E-state index contributed by atoms with van der Waals surface area (Å²) in [6, 6.07) is 12.5. The molecule has 142 valence electrons. The molecule has 3 N–H and O–H groups in total. The molecule has 0 bridgehead atoms. The number of thioether (sulfide) groups is 1. The number of aromatic nitrogens is 4. The summed E-state index contributed by atoms with van der Waals surface area (Å²) in [6.45, 7) is 6.43. The number of hydrogen-bond donors (Lipinski definition) is 3. The van der Waals surface area contributed by atoms with Gasteiger partial charge in [-0.15, -0.1) is 5.10 Å². The first kappa shape index (κ1) is 18.3. The van der Waals surface area contributed by atoms with Gasteiger partial charge in [0.05, 0.1) is 6.21 Å². The van der Waals surface area contributed by atoms with Crippen LogP contribution in [0.5, 0.6) is 0 Å². The molecule has 0 amide bonds. The Hall–Kier alpha value is -3.06. The first-order chi connectivity index (χ1) is 13.6. The molecule has 0 saturated heterocycles. The van der Waals surface area contributed by atoms with E-state index in [4.69, 9.17) is 0 Å². The average molecular weight is 391 g/mol. The van der Waals surface area contributed by atoms with Gasteiger partial charge < -0.3 is 4.98 Å². The third-order valence-corrected chi connectivity index (χ3v) is 5.52. The van der Waals surface area contributed by atoms with E-state index >= 15 is 0 Å². The molecule has 2 heterocycles. The number of rotatable bonds is 6. The normalized spacial score (nSPS) is 11.5. The monoisotopic (exact) mass is 390 g/mol. The van der Waals surface area contributed by atoms with Crippen molar-refractivity contribution in [2.24, 2.45) is 5.10 Å². The zero-order chi connectivity index (χ0) is 19.5. The molecule has 0 aliphatic heterocycles. The van der Waals surface area contributed by atoms with Crippen molar-refractivity contribution in [1.82, 2.24) is 20.2 Å². The topological polar surface area (TPSA) is 81.8 Å². The van der Waals surface area contributed by atoms with Gasteiger partial charge in [-0.25, -0.2) is 10.5 Å². The smallest absolute Gasteiger partial charge is 0.240 e. The van der Waals surface area contributed by atoms with Gasteiger partial charge in [0.25, 0.3) is 0 Å². The molecule has 4 rings (SSSR count). The number of anilines is 1. The van der Waals surface area contributed by atoms with Gasteiger partial charge in [0.15, 0.2) is 0 Å². The van der Waals surface area contributed by atoms with Crippen molar-refractivity contribution in [2.45, 2.75) is 31.7 Å². The highest BCUT2D eigenvalue weighted by atomic mass is 32.2. The van der Waals surface area contributed by atoms with Crippen LogP contribution in [0.3, 0.4) is 0 Å². The summed E-state index contributed by atoms with van der Waals surface area (Å²) in [5.41, 5.74) is 10.3. The molecule has 0 saturated carbocycles. The Kier molecular flexibility index (Phi) is 5.16. The minimum absolute atomic E-state index is 0.524. The summed E-state index contributed by atoms with van der Waals surface area (Å²) in [7, 11) is 0. The van der Waals surface area contributed by atoms with Crippen LogP contribution in [-0.4, -0.2) is 26.4 Å². The number of aromatic amines is 2. The zero-order valence-electron chi connectivity index (χ0n) is 16.1. The van der Waals surface area contributed by atoms with E-state index in [0.717, 1.165) is 22.2 Å². The largest absolute Gasteiger partial charge is 0.361 e. The molecule has 4 aromatic rings. The van der Waals surface area contributed by atoms with E-state index in [9.17, 15) is 0 Å². The summed E-state index contributed by atoms with van der Waals surface area (Å²) < 4.78 is 0. The summed E-state index contributed by atoms with van der Waals surface area (Å²) >= 11 is 1.61. The van der Waals surface area contributed by atoms with Crippen molar-refractivity contribution in [3.8, 4) is 0 Å². The lowest BCUT2D eigenvalue weighted by Crippen LogP contribution is -1.93. The van der Waals surface area contributed by atoms with Crippen LogP contribution in [-0.2, 0) is 5.75 Å². The molecule has 0 aliphatic carbocycles. The van der Waals surface area contributed by atoms with Crippen molar-refractivity contribution >= 4 is 34.8 Å². The van der Waals surface area contributed by atoms with Crippen molar-refractivity contribution in [2.75, 3.05) is 5.43 Å². The minimum atomic E-state index is 0.524. The summed E-state index contributed by atoms with van der Waals surface area (Å²) in [6.07, 6.45) is 3.71. The Morgan fingerprint density at radius 3 is 2.75 bits per heavy atom. The minimum Gasteiger partial charge on any atom is -0.361 e. The van der Waals surface area contributed by atoms with Crippen LogP contribution in [0.1, 0.15) is 27.8 Å². The first-order valence-electron chi connectivity index (χ1n) is 9.07. The molecule has 6 nitrogen and oxygen atoms in total. The molecule has 0 radical (unpaired) electrons. The Morgan fingerprint density at radius 2 is 1.93 bits per heavy atom. The highest BCUT2D eigenvalue weighted by Crippen LogP contribution is 2.25. The van der Waals surface area contributed by atoms with Gasteiger partial charge in [0, 0.05) is 28.4 Å². The summed E-state index contributed by atoms with van der Waals surface area (Å²) in [5.74, 6) is 1.37. The number of hydrogen-bond acceptors (Lipinski definition) is 5. The Bertz CT molecular complexity index is 1120. The number of H-pyrrole nitrogens is 2. The number of fused-ring (bicyclic) bond motifs is 1. The maximum atomic E-state index is 4.45. The highest BCUT2D eigenvalue weighted by molar-refractivity contribution is 7.98. The maximum Gasteiger partial charge on any atom is 0.240 e. The van der Waals surface area contributed by atoms with E-state index in [1.807, 2.05) is 24.4 Å². The molecule has 0 spiro atoms. The molecule has 0 atom stereocenters. The molecule has 0 aliphatic rings. The van der Waals surface area contributed by atoms with Crippen LogP contribution in [0.25, 0.3) is 10.9 Å². The molecule has 0 unspecified atom stereocenters. The van der Waals surface area contributed by atoms with Crippen LogP contribution in [0.2, 0.25) is 0 Å². The van der Waals surface area contributed by atoms with Gasteiger partial charge in [-0.05, 0) is 43.5 Å². The number of aryl methyl sites for hydroxylation is 3. The van der Waals surface area contributed by atoms with Gasteiger partial charge in [-0.2, -0.15) is 10.1 Å². The molecular formula is C21H22N6S. The van der Waals surface area contributed by atoms with Crippen LogP contribution < -0.4 is 5.43 Å². The van der Waals surface area contributed by atoms with Gasteiger partial charge in [0.1, 0.15) is 0 Å². The fourth-order valence-electron chi connectivity index (χ4n) is 3.30. The van der Waals surface area contributed by atoms with E-state index in [1.54, 1.807) is 18.0 Å². The van der Waals surface area contributed by atoms with E-state index in [2.05, 4.69) is 69.7 Å². The molecular weight excluding hydrogens is 368 g/mol. The molecule has 2 aromatic carbocycles. The Balaban J connectivity index is 1.38. The highest BCUT2D eigenvalue weighted by Gasteiger charge is 2.08. The lowest BCUT2D eigenvalue weighted by Gasteiger charge is -2.09. The number of nitrogens with zero attached hydrogens (tertiary/aromatic N) is 3. The van der Waals surface area contributed by atoms with Crippen molar-refractivity contribution in [3.05, 3.63) is 70.4 Å². The summed E-state index contributed by atoms with van der Waals surface area (Å²) in [5, 5.41) is 13.2. The van der Waals surface area contributed by atoms with Gasteiger partial charge in [-0.3, -0.25) is 0 Å². The number of hydrazone groups is 1. The fraction of sp³-hybridized carbons (Fsp3) is 0.190. The van der Waals surface area contributed by atoms with Crippen molar-refractivity contribution in [1.29, 1.82) is 0 Å². The van der Waals surface area contributed by atoms with Gasteiger partial charge >= 0.3 is 0 Å². The Morgan fingerprint density at radius 1 is 1.14 bits per heavy atom. The predicted octanol–water partition coefficient (Wildman–Crippen LogP) is 4.95. The van der Waals surface area contributed by atoms with Crippen LogP contribution >= 0.6 is 11.8 Å². The second-order valence-electron chi connectivity index (χ2n) is 6.79. The number of nitrogens with one attached hydrogen (secondary N) is 3. The van der Waals surface area contributed by atoms with E-state index in [-0.39, 0.29) is 0 Å². The number of para-hydroxylation sites is 1. The summed E-state index contributed by atoms with van der Waals surface area (Å²) in [4.78, 5) is 7.67. The third-order valence-electron chi connectivity index (χ3n) is 4.65. The predicted molar refractivity (Wildman–Crippen MR) is 116 cm³/mol. The first-order valence-corrected chi connectivity index (χ1v) is 10.1. The SMILES string of the molecule is Cc1cc(C)c(CSc2n[nH]c(N/N=C/c3c[nH]c4ccccc34)n2)c(C)c1. The van der Waals surface area contributed by atoms with E-state index in [0.29, 0.717) is 11.1 Å². The lowest BCUT2D eigenvalue weighted by atomic mass is 10.0. The van der Waals surface area contributed by atoms with Crippen LogP contribution in [0, 0.1) is 20.8 Å². The van der Waals surface area contributed by atoms with Crippen LogP contribution in [0.15, 0.2) is 52.9 Å². The fourth-order valence-corrected chi connectivity index (χ4v) is 4.29. The zero-order valence-corrected chi connectivity index (χ0v) is 16.9. The second kappa shape index (κ2) is 7.90. The molecule has 0 fully saturated rings. The maximum absolute atomic E-state index is 4.45. The van der Waals surface area contributed by atoms with E-state index < -0.39 is 0 Å². The van der Waals surface area contributed by atoms with Crippen molar-refractivity contribution in [3.63, 3.8) is 0 Å². The Labute approximate surface area is 167 Å². The average Bonchev–Trinajstić information content (AvgIpc) is 3.28. The van der Waals surface area contributed by atoms with E-state index in [1.165, 1.54) is 22.3 Å². The number of benzene rings is 2. The lowest BCUT2D eigenvalue weighted by molar-refractivity contribution is 0.972. The standard InChI is InChI=1S/C21H22N6S/c1-13-8-14(2)18(15(3)9-13)12-28-21-24-20(26-27-21)25-23-11-16-10-22-19-7-5-4-6-17(16)19/h4-11,22H,12H2,1-3H3,(H2,24,25,26,27)/b23-11+.